The second-order valence-corrected chi connectivity index (χ2v) is 5.82. The van der Waals surface area contributed by atoms with E-state index in [2.05, 4.69) is 22.4 Å². The molecule has 1 aromatic carbocycles. The van der Waals surface area contributed by atoms with Crippen LogP contribution in [0.2, 0.25) is 0 Å². The third-order valence-electron chi connectivity index (χ3n) is 3.82. The molecule has 3 N–H and O–H groups in total. The number of hydrogen-bond acceptors (Lipinski definition) is 6. The Labute approximate surface area is 147 Å². The summed E-state index contributed by atoms with van der Waals surface area (Å²) in [6.07, 6.45) is 3.71. The average Bonchev–Trinajstić information content (AvgIpc) is 3.11. The lowest BCUT2D eigenvalue weighted by Crippen LogP contribution is -2.40. The van der Waals surface area contributed by atoms with Gasteiger partial charge in [0.05, 0.1) is 0 Å². The molecule has 1 heterocycles. The second kappa shape index (κ2) is 9.78. The molecule has 0 aliphatic carbocycles. The minimum Gasteiger partial charge on any atom is -0.485 e. The largest absolute Gasteiger partial charge is 0.485 e. The number of aryl methyl sites for hydroxylation is 1. The Bertz CT molecular complexity index is 655. The molecule has 0 saturated carbocycles. The SMILES string of the molecule is CCCCC(CN)NC(=O)c1ccc(OCc2noc(CC)n2)cc1. The van der Waals surface area contributed by atoms with Crippen molar-refractivity contribution in [3.63, 3.8) is 0 Å². The first-order valence-corrected chi connectivity index (χ1v) is 8.71. The third kappa shape index (κ3) is 5.86. The number of benzene rings is 1. The summed E-state index contributed by atoms with van der Waals surface area (Å²) in [6.45, 7) is 4.73. The summed E-state index contributed by atoms with van der Waals surface area (Å²) in [4.78, 5) is 16.4. The van der Waals surface area contributed by atoms with E-state index in [0.717, 1.165) is 19.3 Å². The van der Waals surface area contributed by atoms with Crippen molar-refractivity contribution in [1.29, 1.82) is 0 Å². The number of carbonyl (C=O) groups excluding carboxylic acids is 1. The summed E-state index contributed by atoms with van der Waals surface area (Å²) in [5.41, 5.74) is 6.30. The molecule has 0 aliphatic rings. The highest BCUT2D eigenvalue weighted by Crippen LogP contribution is 2.14. The van der Waals surface area contributed by atoms with E-state index in [-0.39, 0.29) is 18.6 Å². The van der Waals surface area contributed by atoms with Crippen molar-refractivity contribution in [2.45, 2.75) is 52.2 Å². The lowest BCUT2D eigenvalue weighted by Gasteiger charge is -2.16. The quantitative estimate of drug-likeness (QED) is 0.685. The number of rotatable bonds is 10. The van der Waals surface area contributed by atoms with E-state index in [9.17, 15) is 4.79 Å². The Morgan fingerprint density at radius 3 is 2.68 bits per heavy atom. The number of hydrogen-bond donors (Lipinski definition) is 2. The molecule has 0 spiro atoms. The lowest BCUT2D eigenvalue weighted by atomic mass is 10.1. The molecule has 0 bridgehead atoms. The van der Waals surface area contributed by atoms with Crippen LogP contribution in [0.25, 0.3) is 0 Å². The highest BCUT2D eigenvalue weighted by molar-refractivity contribution is 5.94. The van der Waals surface area contributed by atoms with Crippen LogP contribution in [0, 0.1) is 0 Å². The Kier molecular flexibility index (Phi) is 7.40. The number of aromatic nitrogens is 2. The van der Waals surface area contributed by atoms with E-state index in [0.29, 0.717) is 36.0 Å². The topological polar surface area (TPSA) is 103 Å². The van der Waals surface area contributed by atoms with Crippen molar-refractivity contribution in [2.75, 3.05) is 6.54 Å². The van der Waals surface area contributed by atoms with Gasteiger partial charge in [0.25, 0.3) is 5.91 Å². The summed E-state index contributed by atoms with van der Waals surface area (Å²) >= 11 is 0. The van der Waals surface area contributed by atoms with Crippen LogP contribution in [0.4, 0.5) is 0 Å². The molecule has 1 unspecified atom stereocenters. The summed E-state index contributed by atoms with van der Waals surface area (Å²) in [5, 5.41) is 6.79. The summed E-state index contributed by atoms with van der Waals surface area (Å²) in [6, 6.07) is 6.96. The normalized spacial score (nSPS) is 12.0. The van der Waals surface area contributed by atoms with Gasteiger partial charge in [-0.15, -0.1) is 0 Å². The molecule has 2 rings (SSSR count). The molecular weight excluding hydrogens is 320 g/mol. The average molecular weight is 346 g/mol. The maximum absolute atomic E-state index is 12.3. The van der Waals surface area contributed by atoms with Crippen LogP contribution in [0.15, 0.2) is 28.8 Å². The van der Waals surface area contributed by atoms with Crippen molar-refractivity contribution in [1.82, 2.24) is 15.5 Å². The van der Waals surface area contributed by atoms with E-state index in [4.69, 9.17) is 15.0 Å². The molecule has 7 nitrogen and oxygen atoms in total. The first kappa shape index (κ1) is 18.9. The number of nitrogens with two attached hydrogens (primary N) is 1. The number of nitrogens with zero attached hydrogens (tertiary/aromatic N) is 2. The minimum absolute atomic E-state index is 0.00868. The molecule has 1 atom stereocenters. The number of nitrogens with one attached hydrogen (secondary N) is 1. The number of carbonyl (C=O) groups is 1. The Morgan fingerprint density at radius 1 is 1.32 bits per heavy atom. The van der Waals surface area contributed by atoms with Gasteiger partial charge in [-0.1, -0.05) is 31.8 Å². The molecule has 0 fully saturated rings. The summed E-state index contributed by atoms with van der Waals surface area (Å²) < 4.78 is 10.6. The zero-order chi connectivity index (χ0) is 18.1. The van der Waals surface area contributed by atoms with Crippen molar-refractivity contribution in [3.8, 4) is 5.75 Å². The lowest BCUT2D eigenvalue weighted by molar-refractivity contribution is 0.0935. The highest BCUT2D eigenvalue weighted by Gasteiger charge is 2.12. The Balaban J connectivity index is 1.86. The van der Waals surface area contributed by atoms with Gasteiger partial charge in [-0.05, 0) is 30.7 Å². The fourth-order valence-corrected chi connectivity index (χ4v) is 2.31. The van der Waals surface area contributed by atoms with Gasteiger partial charge >= 0.3 is 0 Å². The first-order valence-electron chi connectivity index (χ1n) is 8.71. The third-order valence-corrected chi connectivity index (χ3v) is 3.82. The molecule has 25 heavy (non-hydrogen) atoms. The van der Waals surface area contributed by atoms with Gasteiger partial charge in [-0.2, -0.15) is 4.98 Å². The van der Waals surface area contributed by atoms with Gasteiger partial charge in [0, 0.05) is 24.6 Å². The molecule has 0 radical (unpaired) electrons. The van der Waals surface area contributed by atoms with E-state index >= 15 is 0 Å². The van der Waals surface area contributed by atoms with Gasteiger partial charge in [0.15, 0.2) is 6.61 Å². The van der Waals surface area contributed by atoms with Crippen molar-refractivity contribution >= 4 is 5.91 Å². The molecule has 2 aromatic rings. The number of ether oxygens (including phenoxy) is 1. The fourth-order valence-electron chi connectivity index (χ4n) is 2.31. The van der Waals surface area contributed by atoms with E-state index in [1.165, 1.54) is 0 Å². The Morgan fingerprint density at radius 2 is 2.08 bits per heavy atom. The molecular formula is C18H26N4O3. The molecule has 1 amide bonds. The van der Waals surface area contributed by atoms with Crippen LogP contribution in [0.3, 0.4) is 0 Å². The predicted molar refractivity (Wildman–Crippen MR) is 94.3 cm³/mol. The van der Waals surface area contributed by atoms with Gasteiger partial charge < -0.3 is 20.3 Å². The van der Waals surface area contributed by atoms with Crippen LogP contribution in [0.5, 0.6) is 5.75 Å². The van der Waals surface area contributed by atoms with E-state index < -0.39 is 0 Å². The minimum atomic E-state index is -0.121. The molecule has 0 saturated heterocycles. The van der Waals surface area contributed by atoms with Crippen LogP contribution in [0.1, 0.15) is 55.2 Å². The number of unbranched alkanes of at least 4 members (excludes halogenated alkanes) is 1. The van der Waals surface area contributed by atoms with Gasteiger partial charge in [-0.25, -0.2) is 0 Å². The van der Waals surface area contributed by atoms with Gasteiger partial charge in [-0.3, -0.25) is 4.79 Å². The monoisotopic (exact) mass is 346 g/mol. The predicted octanol–water partition coefficient (Wildman–Crippen LogP) is 2.46. The van der Waals surface area contributed by atoms with Crippen LogP contribution < -0.4 is 15.8 Å². The van der Waals surface area contributed by atoms with Gasteiger partial charge in [0.2, 0.25) is 11.7 Å². The van der Waals surface area contributed by atoms with Crippen molar-refractivity contribution < 1.29 is 14.1 Å². The highest BCUT2D eigenvalue weighted by atomic mass is 16.5. The second-order valence-electron chi connectivity index (χ2n) is 5.82. The molecule has 7 heteroatoms. The van der Waals surface area contributed by atoms with Gasteiger partial charge in [0.1, 0.15) is 5.75 Å². The number of amides is 1. The molecule has 136 valence electrons. The standard InChI is InChI=1S/C18H26N4O3/c1-3-5-6-14(11-19)20-18(23)13-7-9-15(10-8-13)24-12-16-21-17(4-2)25-22-16/h7-10,14H,3-6,11-12,19H2,1-2H3,(H,20,23). The van der Waals surface area contributed by atoms with E-state index in [1.807, 2.05) is 6.92 Å². The van der Waals surface area contributed by atoms with Crippen LogP contribution >= 0.6 is 0 Å². The van der Waals surface area contributed by atoms with Crippen molar-refractivity contribution in [2.24, 2.45) is 5.73 Å². The van der Waals surface area contributed by atoms with Crippen molar-refractivity contribution in [3.05, 3.63) is 41.5 Å². The first-order chi connectivity index (χ1) is 12.2. The zero-order valence-electron chi connectivity index (χ0n) is 14.8. The summed E-state index contributed by atoms with van der Waals surface area (Å²) in [7, 11) is 0. The Hall–Kier alpha value is -2.41. The molecule has 1 aromatic heterocycles. The maximum Gasteiger partial charge on any atom is 0.251 e. The zero-order valence-corrected chi connectivity index (χ0v) is 14.8. The maximum atomic E-state index is 12.3. The molecule has 0 aliphatic heterocycles. The van der Waals surface area contributed by atoms with Crippen LogP contribution in [-0.4, -0.2) is 28.6 Å². The van der Waals surface area contributed by atoms with Crippen LogP contribution in [-0.2, 0) is 13.0 Å². The summed E-state index contributed by atoms with van der Waals surface area (Å²) in [5.74, 6) is 1.60. The smallest absolute Gasteiger partial charge is 0.251 e. The van der Waals surface area contributed by atoms with E-state index in [1.54, 1.807) is 24.3 Å². The fraction of sp³-hybridized carbons (Fsp3) is 0.500.